The van der Waals surface area contributed by atoms with E-state index in [1.165, 1.54) is 16.5 Å². The first-order chi connectivity index (χ1) is 14.4. The molecule has 1 aliphatic heterocycles. The Bertz CT molecular complexity index is 1090. The van der Waals surface area contributed by atoms with Crippen molar-refractivity contribution in [3.05, 3.63) is 58.8 Å². The van der Waals surface area contributed by atoms with E-state index in [2.05, 4.69) is 40.9 Å². The van der Waals surface area contributed by atoms with Gasteiger partial charge in [0.05, 0.1) is 12.7 Å². The number of ether oxygens (including phenoxy) is 1. The minimum Gasteiger partial charge on any atom is -0.496 e. The molecule has 0 saturated carbocycles. The molecular weight excluding hydrogens is 378 g/mol. The van der Waals surface area contributed by atoms with Crippen LogP contribution in [0.3, 0.4) is 0 Å². The number of rotatable bonds is 5. The van der Waals surface area contributed by atoms with Crippen LogP contribution in [-0.2, 0) is 6.54 Å². The molecule has 0 spiro atoms. The molecule has 7 heteroatoms. The average Bonchev–Trinajstić information content (AvgIpc) is 3.21. The third-order valence-electron chi connectivity index (χ3n) is 6.11. The van der Waals surface area contributed by atoms with Crippen LogP contribution in [0, 0.1) is 6.92 Å². The van der Waals surface area contributed by atoms with E-state index in [0.717, 1.165) is 43.0 Å². The second kappa shape index (κ2) is 8.01. The Balaban J connectivity index is 1.72. The number of carbonyl (C=O) groups excluding carboxylic acids is 1. The van der Waals surface area contributed by atoms with Crippen molar-refractivity contribution in [3.8, 4) is 5.75 Å². The average molecular weight is 408 g/mol. The Morgan fingerprint density at radius 2 is 2.07 bits per heavy atom. The molecule has 3 aromatic rings. The number of primary amides is 1. The van der Waals surface area contributed by atoms with Gasteiger partial charge >= 0.3 is 0 Å². The van der Waals surface area contributed by atoms with Crippen molar-refractivity contribution in [1.29, 1.82) is 0 Å². The number of fused-ring (bicyclic) bond motifs is 1. The zero-order chi connectivity index (χ0) is 21.4. The summed E-state index contributed by atoms with van der Waals surface area (Å²) < 4.78 is 5.75. The monoisotopic (exact) mass is 407 g/mol. The molecule has 5 N–H and O–H groups in total. The lowest BCUT2D eigenvalue weighted by atomic mass is 9.97. The van der Waals surface area contributed by atoms with Crippen molar-refractivity contribution in [2.75, 3.05) is 39.5 Å². The number of H-pyrrole nitrogens is 1. The van der Waals surface area contributed by atoms with Crippen molar-refractivity contribution in [2.24, 2.45) is 5.73 Å². The molecule has 0 aliphatic carbocycles. The molecule has 1 atom stereocenters. The second-order valence-electron chi connectivity index (χ2n) is 8.10. The highest BCUT2D eigenvalue weighted by molar-refractivity contribution is 5.98. The Morgan fingerprint density at radius 3 is 2.77 bits per heavy atom. The Kier molecular flexibility index (Phi) is 5.40. The van der Waals surface area contributed by atoms with E-state index in [-0.39, 0.29) is 6.04 Å². The van der Waals surface area contributed by atoms with Crippen LogP contribution in [-0.4, -0.2) is 54.5 Å². The summed E-state index contributed by atoms with van der Waals surface area (Å²) in [6.07, 6.45) is 1.98. The molecule has 0 radical (unpaired) electrons. The standard InChI is InChI=1S/C23H29N5O2/c1-14-10-21(30-3)18(16-6-7-26-22(14)16)12-28-9-8-27(2)13-20(28)15-4-5-17(23(25)29)19(24)11-15/h4-7,10-11,20,26H,8-9,12-13,24H2,1-3H3,(H2,25,29). The fraction of sp³-hybridized carbons (Fsp3) is 0.348. The van der Waals surface area contributed by atoms with E-state index in [4.69, 9.17) is 16.2 Å². The number of aromatic amines is 1. The molecule has 2 aromatic carbocycles. The first-order valence-corrected chi connectivity index (χ1v) is 10.1. The van der Waals surface area contributed by atoms with Crippen LogP contribution >= 0.6 is 0 Å². The van der Waals surface area contributed by atoms with Crippen LogP contribution in [0.15, 0.2) is 36.5 Å². The number of likely N-dealkylation sites (N-methyl/N-ethyl adjacent to an activating group) is 1. The summed E-state index contributed by atoms with van der Waals surface area (Å²) in [4.78, 5) is 19.7. The quantitative estimate of drug-likeness (QED) is 0.565. The normalized spacial score (nSPS) is 18.0. The highest BCUT2D eigenvalue weighted by Crippen LogP contribution is 2.35. The summed E-state index contributed by atoms with van der Waals surface area (Å²) >= 11 is 0. The molecule has 4 rings (SSSR count). The molecule has 1 aliphatic rings. The maximum absolute atomic E-state index is 11.6. The number of aromatic nitrogens is 1. The predicted molar refractivity (Wildman–Crippen MR) is 120 cm³/mol. The number of benzene rings is 2. The van der Waals surface area contributed by atoms with Gasteiger partial charge < -0.3 is 26.1 Å². The minimum absolute atomic E-state index is 0.146. The summed E-state index contributed by atoms with van der Waals surface area (Å²) in [5, 5.41) is 1.19. The molecule has 1 unspecified atom stereocenters. The van der Waals surface area contributed by atoms with E-state index >= 15 is 0 Å². The zero-order valence-corrected chi connectivity index (χ0v) is 17.7. The maximum atomic E-state index is 11.6. The lowest BCUT2D eigenvalue weighted by Crippen LogP contribution is -2.46. The van der Waals surface area contributed by atoms with Gasteiger partial charge in [-0.15, -0.1) is 0 Å². The maximum Gasteiger partial charge on any atom is 0.250 e. The topological polar surface area (TPSA) is 101 Å². The largest absolute Gasteiger partial charge is 0.496 e. The molecule has 30 heavy (non-hydrogen) atoms. The molecule has 7 nitrogen and oxygen atoms in total. The minimum atomic E-state index is -0.504. The van der Waals surface area contributed by atoms with Gasteiger partial charge in [-0.2, -0.15) is 0 Å². The van der Waals surface area contributed by atoms with E-state index < -0.39 is 5.91 Å². The summed E-state index contributed by atoms with van der Waals surface area (Å²) in [6.45, 7) is 5.62. The molecule has 1 amide bonds. The van der Waals surface area contributed by atoms with Gasteiger partial charge in [0.2, 0.25) is 0 Å². The van der Waals surface area contributed by atoms with Crippen molar-refractivity contribution < 1.29 is 9.53 Å². The van der Waals surface area contributed by atoms with Crippen molar-refractivity contribution in [2.45, 2.75) is 19.5 Å². The number of hydrogen-bond acceptors (Lipinski definition) is 5. The van der Waals surface area contributed by atoms with Gasteiger partial charge in [0.1, 0.15) is 5.75 Å². The fourth-order valence-corrected chi connectivity index (χ4v) is 4.46. The first kappa shape index (κ1) is 20.3. The Morgan fingerprint density at radius 1 is 1.27 bits per heavy atom. The van der Waals surface area contributed by atoms with Crippen LogP contribution in [0.2, 0.25) is 0 Å². The molecule has 0 bridgehead atoms. The third-order valence-corrected chi connectivity index (χ3v) is 6.11. The lowest BCUT2D eigenvalue weighted by molar-refractivity contribution is 0.0830. The summed E-state index contributed by atoms with van der Waals surface area (Å²) in [5.74, 6) is 0.400. The molecule has 1 aromatic heterocycles. The molecule has 1 fully saturated rings. The van der Waals surface area contributed by atoms with Gasteiger partial charge in [-0.3, -0.25) is 9.69 Å². The van der Waals surface area contributed by atoms with Gasteiger partial charge in [-0.1, -0.05) is 6.07 Å². The zero-order valence-electron chi connectivity index (χ0n) is 17.7. The number of methoxy groups -OCH3 is 1. The van der Waals surface area contributed by atoms with Crippen LogP contribution in [0.4, 0.5) is 5.69 Å². The number of aryl methyl sites for hydroxylation is 1. The summed E-state index contributed by atoms with van der Waals surface area (Å²) in [6, 6.07) is 9.94. The summed E-state index contributed by atoms with van der Waals surface area (Å²) in [5.41, 5.74) is 16.9. The van der Waals surface area contributed by atoms with Crippen molar-refractivity contribution in [3.63, 3.8) is 0 Å². The fourth-order valence-electron chi connectivity index (χ4n) is 4.46. The van der Waals surface area contributed by atoms with Gasteiger partial charge in [0.15, 0.2) is 0 Å². The Labute approximate surface area is 176 Å². The molecule has 158 valence electrons. The molecule has 1 saturated heterocycles. The second-order valence-corrected chi connectivity index (χ2v) is 8.10. The highest BCUT2D eigenvalue weighted by Gasteiger charge is 2.29. The Hall–Kier alpha value is -3.03. The number of anilines is 1. The number of nitrogen functional groups attached to an aromatic ring is 1. The van der Waals surface area contributed by atoms with Gasteiger partial charge in [-0.25, -0.2) is 0 Å². The summed E-state index contributed by atoms with van der Waals surface area (Å²) in [7, 11) is 3.85. The van der Waals surface area contributed by atoms with Gasteiger partial charge in [0.25, 0.3) is 5.91 Å². The number of nitrogens with two attached hydrogens (primary N) is 2. The van der Waals surface area contributed by atoms with E-state index in [9.17, 15) is 4.79 Å². The number of amides is 1. The highest BCUT2D eigenvalue weighted by atomic mass is 16.5. The number of hydrogen-bond donors (Lipinski definition) is 3. The van der Waals surface area contributed by atoms with Crippen molar-refractivity contribution >= 4 is 22.5 Å². The smallest absolute Gasteiger partial charge is 0.250 e. The van der Waals surface area contributed by atoms with Gasteiger partial charge in [-0.05, 0) is 49.4 Å². The van der Waals surface area contributed by atoms with Crippen LogP contribution in [0.1, 0.15) is 33.1 Å². The van der Waals surface area contributed by atoms with Crippen molar-refractivity contribution in [1.82, 2.24) is 14.8 Å². The number of nitrogens with zero attached hydrogens (tertiary/aromatic N) is 2. The number of nitrogens with one attached hydrogen (secondary N) is 1. The third kappa shape index (κ3) is 3.62. The number of carbonyl (C=O) groups is 1. The van der Waals surface area contributed by atoms with E-state index in [1.54, 1.807) is 13.2 Å². The lowest BCUT2D eigenvalue weighted by Gasteiger charge is -2.40. The predicted octanol–water partition coefficient (Wildman–Crippen LogP) is 2.65. The molecular formula is C23H29N5O2. The molecule has 2 heterocycles. The number of piperazine rings is 1. The van der Waals surface area contributed by atoms with Crippen LogP contribution in [0.25, 0.3) is 10.9 Å². The van der Waals surface area contributed by atoms with E-state index in [0.29, 0.717) is 11.3 Å². The van der Waals surface area contributed by atoms with Crippen LogP contribution in [0.5, 0.6) is 5.75 Å². The first-order valence-electron chi connectivity index (χ1n) is 10.1. The van der Waals surface area contributed by atoms with Crippen LogP contribution < -0.4 is 16.2 Å². The SMILES string of the molecule is COc1cc(C)c2[nH]ccc2c1CN1CCN(C)CC1c1ccc(C(N)=O)c(N)c1. The van der Waals surface area contributed by atoms with E-state index in [1.807, 2.05) is 18.3 Å². The van der Waals surface area contributed by atoms with Gasteiger partial charge in [0, 0.05) is 60.6 Å².